The zero-order chi connectivity index (χ0) is 36.3. The van der Waals surface area contributed by atoms with Crippen LogP contribution in [0.3, 0.4) is 0 Å². The van der Waals surface area contributed by atoms with E-state index in [1.54, 1.807) is 0 Å². The van der Waals surface area contributed by atoms with Gasteiger partial charge in [-0.1, -0.05) is 50.6 Å². The van der Waals surface area contributed by atoms with Crippen LogP contribution in [-0.2, 0) is 26.5 Å². The number of fused-ring (bicyclic) bond motifs is 4. The Labute approximate surface area is 330 Å². The van der Waals surface area contributed by atoms with E-state index in [0.717, 1.165) is 72.8 Å². The number of aryl methyl sites for hydroxylation is 2. The Hall–Kier alpha value is -5.78. The van der Waals surface area contributed by atoms with Crippen LogP contribution in [0.4, 0.5) is 22.7 Å². The normalized spacial score (nSPS) is 12.6. The molecule has 0 saturated heterocycles. The number of hydrogen-bond donors (Lipinski definition) is 0. The third-order valence-corrected chi connectivity index (χ3v) is 9.85. The third kappa shape index (κ3) is 6.22. The Morgan fingerprint density at radius 3 is 2.28 bits per heavy atom. The van der Waals surface area contributed by atoms with Crippen molar-refractivity contribution < 1.29 is 25.8 Å². The van der Waals surface area contributed by atoms with Crippen molar-refractivity contribution in [3.8, 4) is 28.6 Å². The van der Waals surface area contributed by atoms with Crippen molar-refractivity contribution in [1.82, 2.24) is 19.5 Å². The van der Waals surface area contributed by atoms with Crippen LogP contribution >= 0.6 is 0 Å². The molecule has 1 aliphatic rings. The maximum absolute atomic E-state index is 6.52. The minimum Gasteiger partial charge on any atom is -0.509 e. The largest absolute Gasteiger partial charge is 0.509 e. The molecular formula is C46H37N6OPt-3. The first kappa shape index (κ1) is 35.3. The maximum atomic E-state index is 6.52. The van der Waals surface area contributed by atoms with Gasteiger partial charge in [-0.3, -0.25) is 9.97 Å². The van der Waals surface area contributed by atoms with Gasteiger partial charge in [-0.15, -0.1) is 48.1 Å². The number of aromatic nitrogens is 4. The topological polar surface area (TPSA) is 59.3 Å². The summed E-state index contributed by atoms with van der Waals surface area (Å²) in [5, 5.41) is 2.23. The fraction of sp³-hybridized carbons (Fsp3) is 0.130. The van der Waals surface area contributed by atoms with Gasteiger partial charge in [0.15, 0.2) is 0 Å². The number of anilines is 4. The molecule has 5 heterocycles. The van der Waals surface area contributed by atoms with E-state index >= 15 is 0 Å². The molecular weight excluding hydrogens is 848 g/mol. The van der Waals surface area contributed by atoms with Crippen molar-refractivity contribution in [1.29, 1.82) is 0 Å². The number of hydrogen-bond acceptors (Lipinski definition) is 6. The van der Waals surface area contributed by atoms with Crippen molar-refractivity contribution in [2.45, 2.75) is 40.0 Å². The molecule has 0 spiro atoms. The molecule has 0 aliphatic carbocycles. The van der Waals surface area contributed by atoms with Crippen LogP contribution in [0.15, 0.2) is 128 Å². The van der Waals surface area contributed by atoms with Gasteiger partial charge in [-0.2, -0.15) is 12.1 Å². The molecule has 0 amide bonds. The van der Waals surface area contributed by atoms with E-state index in [4.69, 9.17) is 9.72 Å². The predicted octanol–water partition coefficient (Wildman–Crippen LogP) is 11.3. The fourth-order valence-corrected chi connectivity index (χ4v) is 7.33. The summed E-state index contributed by atoms with van der Waals surface area (Å²) in [7, 11) is 0. The molecule has 0 atom stereocenters. The molecule has 0 unspecified atom stereocenters. The number of nitrogens with zero attached hydrogens (tertiary/aromatic N) is 6. The number of para-hydroxylation sites is 1. The molecule has 4 aromatic carbocycles. The van der Waals surface area contributed by atoms with Gasteiger partial charge in [0.05, 0.1) is 11.4 Å². The molecule has 9 rings (SSSR count). The fourth-order valence-electron chi connectivity index (χ4n) is 7.33. The Balaban J connectivity index is 0.00000413. The van der Waals surface area contributed by atoms with Crippen molar-refractivity contribution in [3.63, 3.8) is 0 Å². The van der Waals surface area contributed by atoms with Crippen LogP contribution in [-0.4, -0.2) is 19.5 Å². The number of rotatable bonds is 6. The van der Waals surface area contributed by atoms with Crippen molar-refractivity contribution in [3.05, 3.63) is 163 Å². The SMILES string of the molecule is Cc1cc(-c2ccccn2)cc(C)c1N1[CH-]N(c2[c-]c(Oc3[c-]c4c(cc3)c3ccccc3n4-c3cc(C(C)(C)C)ccn3)ccc2)c2cnccc21.[Pt]. The van der Waals surface area contributed by atoms with Crippen LogP contribution in [0.2, 0.25) is 0 Å². The summed E-state index contributed by atoms with van der Waals surface area (Å²) in [4.78, 5) is 18.2. The summed E-state index contributed by atoms with van der Waals surface area (Å²) in [6.07, 6.45) is 7.45. The van der Waals surface area contributed by atoms with Crippen LogP contribution < -0.4 is 14.5 Å². The van der Waals surface area contributed by atoms with E-state index in [9.17, 15) is 0 Å². The van der Waals surface area contributed by atoms with Gasteiger partial charge in [0.1, 0.15) is 5.82 Å². The molecule has 270 valence electrons. The summed E-state index contributed by atoms with van der Waals surface area (Å²) in [6.45, 7) is 13.1. The quantitative estimate of drug-likeness (QED) is 0.155. The van der Waals surface area contributed by atoms with E-state index in [2.05, 4.69) is 132 Å². The monoisotopic (exact) mass is 884 g/mol. The summed E-state index contributed by atoms with van der Waals surface area (Å²) < 4.78 is 8.70. The van der Waals surface area contributed by atoms with Crippen LogP contribution in [0.1, 0.15) is 37.5 Å². The first-order valence-corrected chi connectivity index (χ1v) is 17.8. The van der Waals surface area contributed by atoms with Gasteiger partial charge in [-0.25, -0.2) is 4.98 Å². The average Bonchev–Trinajstić information content (AvgIpc) is 3.71. The van der Waals surface area contributed by atoms with Crippen molar-refractivity contribution in [2.75, 3.05) is 9.80 Å². The number of benzene rings is 4. The predicted molar refractivity (Wildman–Crippen MR) is 213 cm³/mol. The number of pyridine rings is 3. The summed E-state index contributed by atoms with van der Waals surface area (Å²) in [5.41, 5.74) is 11.5. The van der Waals surface area contributed by atoms with Crippen LogP contribution in [0, 0.1) is 32.6 Å². The summed E-state index contributed by atoms with van der Waals surface area (Å²) in [6, 6.07) is 42.3. The zero-order valence-electron chi connectivity index (χ0n) is 30.6. The van der Waals surface area contributed by atoms with Gasteiger partial charge < -0.3 is 19.1 Å². The zero-order valence-corrected chi connectivity index (χ0v) is 32.9. The minimum absolute atomic E-state index is 0. The Bertz CT molecular complexity index is 2640. The van der Waals surface area contributed by atoms with Crippen molar-refractivity contribution in [2.24, 2.45) is 0 Å². The van der Waals surface area contributed by atoms with Gasteiger partial charge in [0, 0.05) is 79.8 Å². The van der Waals surface area contributed by atoms with Crippen LogP contribution in [0.25, 0.3) is 38.9 Å². The molecule has 4 aromatic heterocycles. The first-order valence-electron chi connectivity index (χ1n) is 17.8. The van der Waals surface area contributed by atoms with Crippen LogP contribution in [0.5, 0.6) is 11.5 Å². The molecule has 7 nitrogen and oxygen atoms in total. The first-order chi connectivity index (χ1) is 25.7. The van der Waals surface area contributed by atoms with E-state index < -0.39 is 0 Å². The number of ether oxygens (including phenoxy) is 1. The molecule has 0 radical (unpaired) electrons. The molecule has 0 fully saturated rings. The Morgan fingerprint density at radius 2 is 1.48 bits per heavy atom. The summed E-state index contributed by atoms with van der Waals surface area (Å²) >= 11 is 0. The molecule has 1 aliphatic heterocycles. The third-order valence-electron chi connectivity index (χ3n) is 9.85. The second kappa shape index (κ2) is 13.9. The Morgan fingerprint density at radius 1 is 0.685 bits per heavy atom. The van der Waals surface area contributed by atoms with E-state index in [-0.39, 0.29) is 26.5 Å². The van der Waals surface area contributed by atoms with Gasteiger partial charge in [-0.05, 0) is 89.9 Å². The Kier molecular flexibility index (Phi) is 9.07. The van der Waals surface area contributed by atoms with Crippen molar-refractivity contribution >= 4 is 44.6 Å². The average molecular weight is 885 g/mol. The van der Waals surface area contributed by atoms with E-state index in [1.807, 2.05) is 73.3 Å². The second-order valence-corrected chi connectivity index (χ2v) is 14.5. The van der Waals surface area contributed by atoms with Gasteiger partial charge >= 0.3 is 0 Å². The van der Waals surface area contributed by atoms with E-state index in [1.165, 1.54) is 5.56 Å². The minimum atomic E-state index is -0.0158. The molecule has 0 saturated carbocycles. The molecule has 8 aromatic rings. The standard InChI is InChI=1S/C46H37N6O.Pt/c1-30-23-32(39-14-8-9-20-48-39)24-31(2)45(30)51-29-50(43-28-47-21-19-41(43)51)34-11-10-12-35(26-34)53-36-16-17-38-37-13-6-7-15-40(37)52(42(38)27-36)44-25-33(18-22-49-44)46(3,4)5;/h6-25,28-29H,1-5H3;/q-3;. The van der Waals surface area contributed by atoms with E-state index in [0.29, 0.717) is 11.5 Å². The molecule has 8 heteroatoms. The molecule has 0 bridgehead atoms. The molecule has 54 heavy (non-hydrogen) atoms. The second-order valence-electron chi connectivity index (χ2n) is 14.5. The maximum Gasteiger partial charge on any atom is 0.135 e. The smallest absolute Gasteiger partial charge is 0.135 e. The molecule has 0 N–H and O–H groups in total. The summed E-state index contributed by atoms with van der Waals surface area (Å²) in [5.74, 6) is 2.03. The van der Waals surface area contributed by atoms with Gasteiger partial charge in [0.25, 0.3) is 0 Å². The van der Waals surface area contributed by atoms with Gasteiger partial charge in [0.2, 0.25) is 0 Å².